The molecule has 0 aliphatic carbocycles. The van der Waals surface area contributed by atoms with E-state index in [-0.39, 0.29) is 0 Å². The van der Waals surface area contributed by atoms with Gasteiger partial charge in [0.05, 0.1) is 7.11 Å². The third-order valence-electron chi connectivity index (χ3n) is 4.19. The highest BCUT2D eigenvalue weighted by molar-refractivity contribution is 5.44. The fraction of sp³-hybridized carbons (Fsp3) is 0.368. The molecule has 1 heterocycles. The van der Waals surface area contributed by atoms with Gasteiger partial charge in [-0.15, -0.1) is 0 Å². The van der Waals surface area contributed by atoms with Crippen LogP contribution in [0.1, 0.15) is 24.8 Å². The van der Waals surface area contributed by atoms with Crippen LogP contribution in [0.5, 0.6) is 17.2 Å². The Hall–Kier alpha value is -2.00. The Morgan fingerprint density at radius 3 is 2.45 bits per heavy atom. The van der Waals surface area contributed by atoms with Gasteiger partial charge in [-0.25, -0.2) is 0 Å². The predicted octanol–water partition coefficient (Wildman–Crippen LogP) is 4.17. The van der Waals surface area contributed by atoms with Crippen molar-refractivity contribution in [3.63, 3.8) is 0 Å². The molecular formula is C19H23NO2. The van der Waals surface area contributed by atoms with Gasteiger partial charge in [-0.2, -0.15) is 0 Å². The second-order valence-corrected chi connectivity index (χ2v) is 5.69. The summed E-state index contributed by atoms with van der Waals surface area (Å²) in [6.07, 6.45) is 4.77. The van der Waals surface area contributed by atoms with E-state index >= 15 is 0 Å². The lowest BCUT2D eigenvalue weighted by atomic mass is 10.0. The molecule has 3 nitrogen and oxygen atoms in total. The topological polar surface area (TPSA) is 30.5 Å². The molecule has 1 N–H and O–H groups in total. The van der Waals surface area contributed by atoms with E-state index in [4.69, 9.17) is 9.47 Å². The SMILES string of the molecule is COc1ccccc1Oc1ccccc1CCC1CCCN1. The zero-order valence-electron chi connectivity index (χ0n) is 13.0. The second-order valence-electron chi connectivity index (χ2n) is 5.69. The largest absolute Gasteiger partial charge is 0.493 e. The first-order valence-corrected chi connectivity index (χ1v) is 7.99. The van der Waals surface area contributed by atoms with Crippen molar-refractivity contribution in [3.8, 4) is 17.2 Å². The molecule has 1 aliphatic rings. The van der Waals surface area contributed by atoms with E-state index in [2.05, 4.69) is 17.4 Å². The van der Waals surface area contributed by atoms with Crippen molar-refractivity contribution in [3.05, 3.63) is 54.1 Å². The van der Waals surface area contributed by atoms with Crippen molar-refractivity contribution in [1.29, 1.82) is 0 Å². The van der Waals surface area contributed by atoms with E-state index in [1.54, 1.807) is 7.11 Å². The molecule has 0 amide bonds. The van der Waals surface area contributed by atoms with Crippen LogP contribution in [-0.2, 0) is 6.42 Å². The van der Waals surface area contributed by atoms with E-state index in [9.17, 15) is 0 Å². The summed E-state index contributed by atoms with van der Waals surface area (Å²) in [7, 11) is 1.67. The molecule has 2 aromatic carbocycles. The lowest BCUT2D eigenvalue weighted by Crippen LogP contribution is -2.21. The van der Waals surface area contributed by atoms with Gasteiger partial charge in [0.15, 0.2) is 11.5 Å². The molecule has 116 valence electrons. The van der Waals surface area contributed by atoms with Gasteiger partial charge in [-0.1, -0.05) is 30.3 Å². The van der Waals surface area contributed by atoms with Crippen LogP contribution in [0.3, 0.4) is 0 Å². The quantitative estimate of drug-likeness (QED) is 0.868. The number of nitrogens with one attached hydrogen (secondary N) is 1. The number of benzene rings is 2. The average Bonchev–Trinajstić information content (AvgIpc) is 3.08. The fourth-order valence-electron chi connectivity index (χ4n) is 2.96. The zero-order chi connectivity index (χ0) is 15.2. The van der Waals surface area contributed by atoms with Crippen molar-refractivity contribution in [2.45, 2.75) is 31.7 Å². The summed E-state index contributed by atoms with van der Waals surface area (Å²) in [5.74, 6) is 2.44. The molecule has 1 fully saturated rings. The minimum Gasteiger partial charge on any atom is -0.493 e. The van der Waals surface area contributed by atoms with Gasteiger partial charge in [0, 0.05) is 6.04 Å². The number of para-hydroxylation sites is 3. The molecule has 0 spiro atoms. The monoisotopic (exact) mass is 297 g/mol. The molecule has 0 radical (unpaired) electrons. The maximum atomic E-state index is 6.10. The summed E-state index contributed by atoms with van der Waals surface area (Å²) >= 11 is 0. The van der Waals surface area contributed by atoms with Gasteiger partial charge < -0.3 is 14.8 Å². The van der Waals surface area contributed by atoms with Crippen LogP contribution in [0, 0.1) is 0 Å². The standard InChI is InChI=1S/C19H23NO2/c1-21-18-10-4-5-11-19(18)22-17-9-3-2-7-15(17)12-13-16-8-6-14-20-16/h2-5,7,9-11,16,20H,6,8,12-14H2,1H3. The normalized spacial score (nSPS) is 17.4. The highest BCUT2D eigenvalue weighted by Gasteiger charge is 2.15. The van der Waals surface area contributed by atoms with Gasteiger partial charge in [0.25, 0.3) is 0 Å². The smallest absolute Gasteiger partial charge is 0.169 e. The predicted molar refractivity (Wildman–Crippen MR) is 88.9 cm³/mol. The van der Waals surface area contributed by atoms with Crippen LogP contribution < -0.4 is 14.8 Å². The lowest BCUT2D eigenvalue weighted by Gasteiger charge is -2.15. The van der Waals surface area contributed by atoms with Crippen LogP contribution in [0.2, 0.25) is 0 Å². The highest BCUT2D eigenvalue weighted by Crippen LogP contribution is 2.33. The van der Waals surface area contributed by atoms with Crippen LogP contribution in [0.4, 0.5) is 0 Å². The third kappa shape index (κ3) is 3.60. The van der Waals surface area contributed by atoms with Gasteiger partial charge in [0.1, 0.15) is 5.75 Å². The first-order valence-electron chi connectivity index (χ1n) is 7.99. The molecule has 3 rings (SSSR count). The number of methoxy groups -OCH3 is 1. The minimum absolute atomic E-state index is 0.652. The molecular weight excluding hydrogens is 274 g/mol. The number of rotatable bonds is 6. The summed E-state index contributed by atoms with van der Waals surface area (Å²) in [4.78, 5) is 0. The maximum absolute atomic E-state index is 6.10. The highest BCUT2D eigenvalue weighted by atomic mass is 16.5. The van der Waals surface area contributed by atoms with Crippen LogP contribution in [0.25, 0.3) is 0 Å². The first-order chi connectivity index (χ1) is 10.9. The molecule has 0 aromatic heterocycles. The van der Waals surface area contributed by atoms with E-state index in [0.29, 0.717) is 6.04 Å². The van der Waals surface area contributed by atoms with Crippen molar-refractivity contribution < 1.29 is 9.47 Å². The molecule has 0 bridgehead atoms. The van der Waals surface area contributed by atoms with Gasteiger partial charge in [0.2, 0.25) is 0 Å². The molecule has 0 saturated carbocycles. The Bertz CT molecular complexity index is 606. The maximum Gasteiger partial charge on any atom is 0.169 e. The Morgan fingerprint density at radius 2 is 1.73 bits per heavy atom. The van der Waals surface area contributed by atoms with Crippen LogP contribution in [-0.4, -0.2) is 19.7 Å². The van der Waals surface area contributed by atoms with E-state index in [0.717, 1.165) is 36.6 Å². The van der Waals surface area contributed by atoms with E-state index < -0.39 is 0 Å². The first kappa shape index (κ1) is 14.9. The molecule has 1 saturated heterocycles. The van der Waals surface area contributed by atoms with Crippen LogP contribution >= 0.6 is 0 Å². The molecule has 1 atom stereocenters. The van der Waals surface area contributed by atoms with Crippen molar-refractivity contribution in [1.82, 2.24) is 5.32 Å². The lowest BCUT2D eigenvalue weighted by molar-refractivity contribution is 0.377. The Balaban J connectivity index is 1.72. The fourth-order valence-corrected chi connectivity index (χ4v) is 2.96. The summed E-state index contributed by atoms with van der Waals surface area (Å²) in [6.45, 7) is 1.16. The zero-order valence-corrected chi connectivity index (χ0v) is 13.0. The molecule has 2 aromatic rings. The summed E-state index contributed by atoms with van der Waals surface area (Å²) in [5.41, 5.74) is 1.25. The molecule has 1 aliphatic heterocycles. The number of ether oxygens (including phenoxy) is 2. The third-order valence-corrected chi connectivity index (χ3v) is 4.19. The summed E-state index contributed by atoms with van der Waals surface area (Å²) in [5, 5.41) is 3.55. The van der Waals surface area contributed by atoms with E-state index in [1.807, 2.05) is 36.4 Å². The molecule has 22 heavy (non-hydrogen) atoms. The second kappa shape index (κ2) is 7.32. The van der Waals surface area contributed by atoms with Crippen molar-refractivity contribution >= 4 is 0 Å². The Kier molecular flexibility index (Phi) is 4.96. The van der Waals surface area contributed by atoms with Gasteiger partial charge in [-0.05, 0) is 56.0 Å². The number of hydrogen-bond donors (Lipinski definition) is 1. The van der Waals surface area contributed by atoms with Crippen LogP contribution in [0.15, 0.2) is 48.5 Å². The Labute approximate surface area is 132 Å². The number of aryl methyl sites for hydroxylation is 1. The minimum atomic E-state index is 0.652. The summed E-state index contributed by atoms with van der Waals surface area (Å²) < 4.78 is 11.5. The van der Waals surface area contributed by atoms with Crippen molar-refractivity contribution in [2.24, 2.45) is 0 Å². The van der Waals surface area contributed by atoms with Gasteiger partial charge >= 0.3 is 0 Å². The average molecular weight is 297 g/mol. The van der Waals surface area contributed by atoms with Gasteiger partial charge in [-0.3, -0.25) is 0 Å². The van der Waals surface area contributed by atoms with E-state index in [1.165, 1.54) is 18.4 Å². The van der Waals surface area contributed by atoms with Crippen molar-refractivity contribution in [2.75, 3.05) is 13.7 Å². The molecule has 3 heteroatoms. The number of hydrogen-bond acceptors (Lipinski definition) is 3. The molecule has 1 unspecified atom stereocenters. The Morgan fingerprint density at radius 1 is 1.00 bits per heavy atom. The summed E-state index contributed by atoms with van der Waals surface area (Å²) in [6, 6.07) is 16.7.